The van der Waals surface area contributed by atoms with Crippen LogP contribution in [-0.4, -0.2) is 26.7 Å². The van der Waals surface area contributed by atoms with Crippen molar-refractivity contribution < 1.29 is 18.7 Å². The maximum absolute atomic E-state index is 13.5. The average molecular weight is 329 g/mol. The molecule has 0 radical (unpaired) electrons. The van der Waals surface area contributed by atoms with E-state index < -0.39 is 0 Å². The Labute approximate surface area is 140 Å². The van der Waals surface area contributed by atoms with E-state index in [4.69, 9.17) is 9.47 Å². The molecule has 1 N–H and O–H groups in total. The van der Waals surface area contributed by atoms with Crippen molar-refractivity contribution in [1.29, 1.82) is 0 Å². The molecule has 0 saturated carbocycles. The smallest absolute Gasteiger partial charge is 0.244 e. The number of halogens is 1. The second-order valence-corrected chi connectivity index (χ2v) is 5.07. The highest BCUT2D eigenvalue weighted by Crippen LogP contribution is 2.24. The summed E-state index contributed by atoms with van der Waals surface area (Å²) in [5, 5.41) is 2.73. The number of carbonyl (C=O) groups is 1. The summed E-state index contributed by atoms with van der Waals surface area (Å²) in [5.74, 6) is 0.807. The van der Waals surface area contributed by atoms with Crippen LogP contribution in [0.1, 0.15) is 11.1 Å². The fourth-order valence-electron chi connectivity index (χ4n) is 2.22. The fourth-order valence-corrected chi connectivity index (χ4v) is 2.22. The van der Waals surface area contributed by atoms with Gasteiger partial charge in [0.05, 0.1) is 14.2 Å². The summed E-state index contributed by atoms with van der Waals surface area (Å²) in [5.41, 5.74) is 1.32. The molecule has 2 rings (SSSR count). The quantitative estimate of drug-likeness (QED) is 0.794. The molecule has 0 aliphatic rings. The Kier molecular flexibility index (Phi) is 6.37. The van der Waals surface area contributed by atoms with Crippen LogP contribution >= 0.6 is 0 Å². The van der Waals surface area contributed by atoms with E-state index in [0.29, 0.717) is 30.0 Å². The minimum absolute atomic E-state index is 0.254. The second-order valence-electron chi connectivity index (χ2n) is 5.07. The zero-order valence-electron chi connectivity index (χ0n) is 13.7. The van der Waals surface area contributed by atoms with Gasteiger partial charge in [0.15, 0.2) is 0 Å². The van der Waals surface area contributed by atoms with Crippen LogP contribution in [0.2, 0.25) is 0 Å². The lowest BCUT2D eigenvalue weighted by Crippen LogP contribution is -2.23. The number of methoxy groups -OCH3 is 2. The Morgan fingerprint density at radius 2 is 1.96 bits per heavy atom. The van der Waals surface area contributed by atoms with Gasteiger partial charge in [0, 0.05) is 18.2 Å². The Bertz CT molecular complexity index is 728. The summed E-state index contributed by atoms with van der Waals surface area (Å²) >= 11 is 0. The molecule has 0 aliphatic carbocycles. The lowest BCUT2D eigenvalue weighted by atomic mass is 10.1. The third-order valence-corrected chi connectivity index (χ3v) is 3.50. The Balaban J connectivity index is 1.92. The summed E-state index contributed by atoms with van der Waals surface area (Å²) in [6.07, 6.45) is 3.51. The molecule has 2 aromatic carbocycles. The first-order valence-corrected chi connectivity index (χ1v) is 7.55. The first kappa shape index (κ1) is 17.5. The molecule has 0 unspecified atom stereocenters. The van der Waals surface area contributed by atoms with Crippen LogP contribution < -0.4 is 14.8 Å². The number of rotatable bonds is 7. The lowest BCUT2D eigenvalue weighted by Gasteiger charge is -2.07. The predicted molar refractivity (Wildman–Crippen MR) is 91.7 cm³/mol. The minimum atomic E-state index is -0.261. The third kappa shape index (κ3) is 4.84. The normalized spacial score (nSPS) is 10.6. The zero-order valence-corrected chi connectivity index (χ0v) is 13.7. The van der Waals surface area contributed by atoms with Crippen molar-refractivity contribution in [3.05, 3.63) is 65.5 Å². The van der Waals surface area contributed by atoms with Crippen molar-refractivity contribution >= 4 is 12.0 Å². The van der Waals surface area contributed by atoms with E-state index in [9.17, 15) is 9.18 Å². The number of carbonyl (C=O) groups excluding carboxylic acids is 1. The lowest BCUT2D eigenvalue weighted by molar-refractivity contribution is -0.116. The van der Waals surface area contributed by atoms with Gasteiger partial charge in [0.1, 0.15) is 17.3 Å². The minimum Gasteiger partial charge on any atom is -0.497 e. The van der Waals surface area contributed by atoms with Crippen LogP contribution in [-0.2, 0) is 11.2 Å². The largest absolute Gasteiger partial charge is 0.497 e. The summed E-state index contributed by atoms with van der Waals surface area (Å²) in [4.78, 5) is 11.9. The number of ether oxygens (including phenoxy) is 2. The van der Waals surface area contributed by atoms with E-state index in [1.165, 1.54) is 12.1 Å². The van der Waals surface area contributed by atoms with Crippen LogP contribution in [0.25, 0.3) is 6.08 Å². The predicted octanol–water partition coefficient (Wildman–Crippen LogP) is 3.22. The molecule has 0 heterocycles. The molecule has 0 spiro atoms. The molecule has 1 amide bonds. The Morgan fingerprint density at radius 1 is 1.17 bits per heavy atom. The van der Waals surface area contributed by atoms with Crippen LogP contribution in [0.4, 0.5) is 4.39 Å². The molecule has 2 aromatic rings. The van der Waals surface area contributed by atoms with Gasteiger partial charge < -0.3 is 14.8 Å². The number of amides is 1. The number of hydrogen-bond donors (Lipinski definition) is 1. The SMILES string of the molecule is COc1ccc(OC)c(/C=C/C(=O)NCCc2ccccc2F)c1. The van der Waals surface area contributed by atoms with Crippen molar-refractivity contribution in [2.75, 3.05) is 20.8 Å². The van der Waals surface area contributed by atoms with Crippen molar-refractivity contribution in [1.82, 2.24) is 5.32 Å². The standard InChI is InChI=1S/C19H20FNO3/c1-23-16-8-9-18(24-2)15(13-16)7-10-19(22)21-12-11-14-5-3-4-6-17(14)20/h3-10,13H,11-12H2,1-2H3,(H,21,22)/b10-7+. The first-order chi connectivity index (χ1) is 11.6. The molecule has 4 nitrogen and oxygen atoms in total. The van der Waals surface area contributed by atoms with Gasteiger partial charge >= 0.3 is 0 Å². The van der Waals surface area contributed by atoms with Gasteiger partial charge in [0.2, 0.25) is 5.91 Å². The highest BCUT2D eigenvalue weighted by molar-refractivity contribution is 5.92. The van der Waals surface area contributed by atoms with Gasteiger partial charge in [-0.1, -0.05) is 18.2 Å². The van der Waals surface area contributed by atoms with Crippen LogP contribution in [0.3, 0.4) is 0 Å². The van der Waals surface area contributed by atoms with Crippen molar-refractivity contribution in [2.45, 2.75) is 6.42 Å². The summed E-state index contributed by atoms with van der Waals surface area (Å²) in [6.45, 7) is 0.360. The average Bonchev–Trinajstić information content (AvgIpc) is 2.61. The molecule has 0 bridgehead atoms. The fraction of sp³-hybridized carbons (Fsp3) is 0.211. The summed E-state index contributed by atoms with van der Waals surface area (Å²) in [6, 6.07) is 11.9. The molecular formula is C19H20FNO3. The molecule has 5 heteroatoms. The van der Waals surface area contributed by atoms with Crippen LogP contribution in [0.5, 0.6) is 11.5 Å². The molecule has 0 aromatic heterocycles. The van der Waals surface area contributed by atoms with Crippen molar-refractivity contribution in [2.24, 2.45) is 0 Å². The number of benzene rings is 2. The number of hydrogen-bond acceptors (Lipinski definition) is 3. The maximum atomic E-state index is 13.5. The second kappa shape index (κ2) is 8.72. The molecule has 126 valence electrons. The van der Waals surface area contributed by atoms with E-state index in [0.717, 1.165) is 5.56 Å². The third-order valence-electron chi connectivity index (χ3n) is 3.50. The van der Waals surface area contributed by atoms with Crippen molar-refractivity contribution in [3.63, 3.8) is 0 Å². The first-order valence-electron chi connectivity index (χ1n) is 7.55. The van der Waals surface area contributed by atoms with Gasteiger partial charge in [-0.2, -0.15) is 0 Å². The van der Waals surface area contributed by atoms with E-state index in [1.807, 2.05) is 0 Å². The highest BCUT2D eigenvalue weighted by atomic mass is 19.1. The monoisotopic (exact) mass is 329 g/mol. The molecule has 24 heavy (non-hydrogen) atoms. The van der Waals surface area contributed by atoms with Gasteiger partial charge in [0.25, 0.3) is 0 Å². The van der Waals surface area contributed by atoms with E-state index >= 15 is 0 Å². The molecular weight excluding hydrogens is 309 g/mol. The zero-order chi connectivity index (χ0) is 17.4. The van der Waals surface area contributed by atoms with E-state index in [2.05, 4.69) is 5.32 Å². The van der Waals surface area contributed by atoms with Crippen molar-refractivity contribution in [3.8, 4) is 11.5 Å². The number of nitrogens with one attached hydrogen (secondary N) is 1. The highest BCUT2D eigenvalue weighted by Gasteiger charge is 2.04. The molecule has 0 aliphatic heterocycles. The van der Waals surface area contributed by atoms with Gasteiger partial charge in [-0.15, -0.1) is 0 Å². The van der Waals surface area contributed by atoms with Gasteiger partial charge in [-0.25, -0.2) is 4.39 Å². The van der Waals surface area contributed by atoms with Crippen LogP contribution in [0.15, 0.2) is 48.5 Å². The molecule has 0 saturated heterocycles. The van der Waals surface area contributed by atoms with Gasteiger partial charge in [-0.05, 0) is 42.3 Å². The summed E-state index contributed by atoms with van der Waals surface area (Å²) in [7, 11) is 3.14. The topological polar surface area (TPSA) is 47.6 Å². The molecule has 0 fully saturated rings. The maximum Gasteiger partial charge on any atom is 0.244 e. The van der Waals surface area contributed by atoms with Gasteiger partial charge in [-0.3, -0.25) is 4.79 Å². The van der Waals surface area contributed by atoms with E-state index in [-0.39, 0.29) is 11.7 Å². The van der Waals surface area contributed by atoms with Crippen LogP contribution in [0, 0.1) is 5.82 Å². The Hall–Kier alpha value is -2.82. The summed E-state index contributed by atoms with van der Waals surface area (Å²) < 4.78 is 23.9. The van der Waals surface area contributed by atoms with E-state index in [1.54, 1.807) is 56.7 Å². The molecule has 0 atom stereocenters. The Morgan fingerprint density at radius 3 is 2.67 bits per heavy atom.